The molecule has 1 saturated heterocycles. The van der Waals surface area contributed by atoms with Crippen LogP contribution in [-0.4, -0.2) is 72.3 Å². The van der Waals surface area contributed by atoms with Crippen molar-refractivity contribution in [3.05, 3.63) is 46.7 Å². The van der Waals surface area contributed by atoms with Crippen LogP contribution in [0.25, 0.3) is 0 Å². The maximum absolute atomic E-state index is 12.9. The highest BCUT2D eigenvalue weighted by molar-refractivity contribution is 6.32. The molecule has 1 aromatic rings. The number of ether oxygens (including phenoxy) is 3. The van der Waals surface area contributed by atoms with Gasteiger partial charge in [0.1, 0.15) is 12.7 Å². The van der Waals surface area contributed by atoms with Crippen molar-refractivity contribution in [1.29, 1.82) is 0 Å². The highest BCUT2D eigenvalue weighted by atomic mass is 35.5. The molecule has 1 aliphatic carbocycles. The molecule has 2 aliphatic rings. The summed E-state index contributed by atoms with van der Waals surface area (Å²) in [5.74, 6) is -3.71. The van der Waals surface area contributed by atoms with E-state index < -0.39 is 36.0 Å². The lowest BCUT2D eigenvalue weighted by molar-refractivity contribution is -0.188. The van der Waals surface area contributed by atoms with Crippen molar-refractivity contribution in [2.75, 3.05) is 32.9 Å². The van der Waals surface area contributed by atoms with E-state index in [-0.39, 0.29) is 44.7 Å². The van der Waals surface area contributed by atoms with Gasteiger partial charge < -0.3 is 19.1 Å². The number of allylic oxidation sites excluding steroid dienone is 2. The Morgan fingerprint density at radius 3 is 2.61 bits per heavy atom. The molecular formula is C24H27Cl2F3N2O5. The first-order chi connectivity index (χ1) is 17.0. The standard InChI is InChI=1S/C24H27Cl2F3N2O5/c1-3-34-22(32)17-13-31(23(33)24(27,28)29)7-6-16(17)15-4-5-20(30-12-15)35-8-9-36-21-18(25)10-14(2)11-19(21)26/h4-5,10-12,16-18,21H,3,6-9,13H2,1-2H3/t16?,17-,18?,21?/m1/s1. The number of carbonyl (C=O) groups is 2. The third-order valence-corrected chi connectivity index (χ3v) is 6.58. The number of halogens is 5. The number of nitrogens with zero attached hydrogens (tertiary/aromatic N) is 2. The van der Waals surface area contributed by atoms with Crippen molar-refractivity contribution in [3.8, 4) is 5.88 Å². The lowest BCUT2D eigenvalue weighted by Gasteiger charge is -2.37. The number of carbonyl (C=O) groups excluding carboxylic acids is 2. The molecule has 4 atom stereocenters. The minimum atomic E-state index is -5.00. The van der Waals surface area contributed by atoms with Gasteiger partial charge in [-0.25, -0.2) is 4.98 Å². The van der Waals surface area contributed by atoms with Gasteiger partial charge >= 0.3 is 18.1 Å². The second-order valence-corrected chi connectivity index (χ2v) is 9.40. The van der Waals surface area contributed by atoms with Gasteiger partial charge in [0.2, 0.25) is 5.88 Å². The van der Waals surface area contributed by atoms with Crippen molar-refractivity contribution in [2.45, 2.75) is 43.8 Å². The Balaban J connectivity index is 1.58. The predicted octanol–water partition coefficient (Wildman–Crippen LogP) is 4.59. The number of esters is 1. The maximum atomic E-state index is 12.9. The van der Waals surface area contributed by atoms with Crippen LogP contribution in [0.2, 0.25) is 0 Å². The zero-order valence-electron chi connectivity index (χ0n) is 19.8. The fourth-order valence-electron chi connectivity index (χ4n) is 4.23. The second kappa shape index (κ2) is 12.3. The summed E-state index contributed by atoms with van der Waals surface area (Å²) in [5.41, 5.74) is 1.60. The molecule has 198 valence electrons. The summed E-state index contributed by atoms with van der Waals surface area (Å²) in [6.45, 7) is 3.45. The van der Waals surface area contributed by atoms with Gasteiger partial charge in [-0.2, -0.15) is 13.2 Å². The fourth-order valence-corrected chi connectivity index (χ4v) is 5.07. The normalized spacial score (nSPS) is 24.6. The number of hydrogen-bond acceptors (Lipinski definition) is 6. The molecule has 1 aromatic heterocycles. The topological polar surface area (TPSA) is 78.0 Å². The monoisotopic (exact) mass is 550 g/mol. The molecule has 1 aliphatic heterocycles. The van der Waals surface area contributed by atoms with Crippen LogP contribution in [0.4, 0.5) is 13.2 Å². The minimum Gasteiger partial charge on any atom is -0.475 e. The maximum Gasteiger partial charge on any atom is 0.471 e. The average molecular weight is 551 g/mol. The molecule has 0 radical (unpaired) electrons. The quantitative estimate of drug-likeness (QED) is 0.267. The minimum absolute atomic E-state index is 0.0740. The third kappa shape index (κ3) is 7.14. The number of piperidine rings is 1. The zero-order chi connectivity index (χ0) is 26.5. The Labute approximate surface area is 217 Å². The summed E-state index contributed by atoms with van der Waals surface area (Å²) in [6, 6.07) is 3.30. The van der Waals surface area contributed by atoms with Crippen molar-refractivity contribution >= 4 is 35.1 Å². The van der Waals surface area contributed by atoms with Crippen LogP contribution in [0.5, 0.6) is 5.88 Å². The van der Waals surface area contributed by atoms with Crippen LogP contribution in [0, 0.1) is 5.92 Å². The van der Waals surface area contributed by atoms with Crippen molar-refractivity contribution in [1.82, 2.24) is 9.88 Å². The number of amides is 1. The summed E-state index contributed by atoms with van der Waals surface area (Å²) in [5, 5.41) is 0.127. The van der Waals surface area contributed by atoms with Crippen LogP contribution in [0.1, 0.15) is 31.7 Å². The van der Waals surface area contributed by atoms with Crippen molar-refractivity contribution < 1.29 is 37.0 Å². The predicted molar refractivity (Wildman–Crippen MR) is 127 cm³/mol. The molecule has 0 spiro atoms. The molecule has 3 unspecified atom stereocenters. The van der Waals surface area contributed by atoms with Gasteiger partial charge in [0.25, 0.3) is 0 Å². The molecule has 0 N–H and O–H groups in total. The number of likely N-dealkylation sites (tertiary alicyclic amines) is 1. The number of pyridine rings is 1. The van der Waals surface area contributed by atoms with E-state index in [2.05, 4.69) is 4.98 Å². The lowest BCUT2D eigenvalue weighted by atomic mass is 9.81. The molecule has 0 aromatic carbocycles. The lowest BCUT2D eigenvalue weighted by Crippen LogP contribution is -2.50. The molecular weight excluding hydrogens is 524 g/mol. The number of rotatable bonds is 8. The molecule has 3 rings (SSSR count). The third-order valence-electron chi connectivity index (χ3n) is 5.90. The molecule has 0 saturated carbocycles. The molecule has 12 heteroatoms. The molecule has 7 nitrogen and oxygen atoms in total. The Morgan fingerprint density at radius 1 is 1.25 bits per heavy atom. The van der Waals surface area contributed by atoms with E-state index in [0.29, 0.717) is 21.4 Å². The van der Waals surface area contributed by atoms with Gasteiger partial charge in [-0.3, -0.25) is 9.59 Å². The van der Waals surface area contributed by atoms with Crippen LogP contribution >= 0.6 is 23.2 Å². The van der Waals surface area contributed by atoms with E-state index >= 15 is 0 Å². The van der Waals surface area contributed by atoms with E-state index in [1.165, 1.54) is 6.20 Å². The molecule has 2 heterocycles. The summed E-state index contributed by atoms with van der Waals surface area (Å²) in [7, 11) is 0. The molecule has 1 amide bonds. The number of hydrogen-bond donors (Lipinski definition) is 0. The SMILES string of the molecule is CCOC(=O)[C@@H]1CN(C(=O)C(F)(F)F)CCC1c1ccc(OCCOC2C(Cl)=CC(C)=CC2Cl)nc1. The largest absolute Gasteiger partial charge is 0.475 e. The first kappa shape index (κ1) is 28.3. The summed E-state index contributed by atoms with van der Waals surface area (Å²) in [6.07, 6.45) is -0.159. The Bertz CT molecular complexity index is 1000. The van der Waals surface area contributed by atoms with E-state index in [1.807, 2.05) is 13.0 Å². The van der Waals surface area contributed by atoms with Crippen LogP contribution < -0.4 is 4.74 Å². The number of alkyl halides is 4. The molecule has 36 heavy (non-hydrogen) atoms. The highest BCUT2D eigenvalue weighted by Crippen LogP contribution is 2.35. The van der Waals surface area contributed by atoms with Gasteiger partial charge in [-0.15, -0.1) is 11.6 Å². The van der Waals surface area contributed by atoms with Gasteiger partial charge in [0.05, 0.1) is 24.5 Å². The van der Waals surface area contributed by atoms with Gasteiger partial charge in [0.15, 0.2) is 0 Å². The Hall–Kier alpha value is -2.30. The van der Waals surface area contributed by atoms with Gasteiger partial charge in [0, 0.05) is 36.3 Å². The number of aromatic nitrogens is 1. The molecule has 1 fully saturated rings. The van der Waals surface area contributed by atoms with E-state index in [9.17, 15) is 22.8 Å². The smallest absolute Gasteiger partial charge is 0.471 e. The van der Waals surface area contributed by atoms with Crippen LogP contribution in [0.15, 0.2) is 41.1 Å². The van der Waals surface area contributed by atoms with Crippen molar-refractivity contribution in [2.24, 2.45) is 5.92 Å². The van der Waals surface area contributed by atoms with E-state index in [1.54, 1.807) is 25.1 Å². The summed E-state index contributed by atoms with van der Waals surface area (Å²) in [4.78, 5) is 29.1. The van der Waals surface area contributed by atoms with Crippen molar-refractivity contribution in [3.63, 3.8) is 0 Å². The first-order valence-electron chi connectivity index (χ1n) is 11.4. The van der Waals surface area contributed by atoms with Crippen LogP contribution in [-0.2, 0) is 19.1 Å². The van der Waals surface area contributed by atoms with Gasteiger partial charge in [-0.1, -0.05) is 29.3 Å². The van der Waals surface area contributed by atoms with E-state index in [0.717, 1.165) is 5.57 Å². The molecule has 0 bridgehead atoms. The zero-order valence-corrected chi connectivity index (χ0v) is 21.3. The summed E-state index contributed by atoms with van der Waals surface area (Å²) >= 11 is 12.5. The Morgan fingerprint density at radius 2 is 2.00 bits per heavy atom. The first-order valence-corrected chi connectivity index (χ1v) is 12.2. The van der Waals surface area contributed by atoms with E-state index in [4.69, 9.17) is 37.4 Å². The second-order valence-electron chi connectivity index (χ2n) is 8.46. The van der Waals surface area contributed by atoms with Gasteiger partial charge in [-0.05, 0) is 31.9 Å². The highest BCUT2D eigenvalue weighted by Gasteiger charge is 2.46. The van der Waals surface area contributed by atoms with Crippen LogP contribution in [0.3, 0.4) is 0 Å². The average Bonchev–Trinajstić information content (AvgIpc) is 2.82. The Kier molecular flexibility index (Phi) is 9.66. The summed E-state index contributed by atoms with van der Waals surface area (Å²) < 4.78 is 55.1. The fraction of sp³-hybridized carbons (Fsp3) is 0.542.